The minimum Gasteiger partial charge on any atom is -0.497 e. The summed E-state index contributed by atoms with van der Waals surface area (Å²) in [6.45, 7) is -0.362. The van der Waals surface area contributed by atoms with Gasteiger partial charge in [0.1, 0.15) is 30.0 Å². The molecule has 0 bridgehead atoms. The topological polar surface area (TPSA) is 118 Å². The highest BCUT2D eigenvalue weighted by atomic mass is 35.5. The van der Waals surface area contributed by atoms with Crippen LogP contribution in [0.3, 0.4) is 0 Å². The first-order valence-electron chi connectivity index (χ1n) is 11.1. The maximum Gasteiger partial charge on any atom is 0.337 e. The van der Waals surface area contributed by atoms with E-state index in [1.165, 1.54) is 32.4 Å². The number of methoxy groups -OCH3 is 2. The number of carbonyl (C=O) groups excluding carboxylic acids is 3. The van der Waals surface area contributed by atoms with Crippen LogP contribution in [0, 0.1) is 23.0 Å². The highest BCUT2D eigenvalue weighted by Gasteiger charge is 2.25. The summed E-state index contributed by atoms with van der Waals surface area (Å²) in [6, 6.07) is 13.0. The molecule has 38 heavy (non-hydrogen) atoms. The molecule has 2 N–H and O–H groups in total. The van der Waals surface area contributed by atoms with Gasteiger partial charge in [0.25, 0.3) is 5.91 Å². The molecule has 0 aromatic heterocycles. The van der Waals surface area contributed by atoms with Crippen molar-refractivity contribution in [3.05, 3.63) is 87.9 Å². The zero-order chi connectivity index (χ0) is 27.8. The molecule has 11 heteroatoms. The van der Waals surface area contributed by atoms with E-state index in [0.29, 0.717) is 16.1 Å². The number of nitrogens with zero attached hydrogens (tertiary/aromatic N) is 1. The normalized spacial score (nSPS) is 11.2. The zero-order valence-electron chi connectivity index (χ0n) is 20.3. The summed E-state index contributed by atoms with van der Waals surface area (Å²) in [6.07, 6.45) is -0.515. The Hall–Kier alpha value is -4.49. The van der Waals surface area contributed by atoms with E-state index in [1.54, 1.807) is 30.3 Å². The molecule has 2 amide bonds. The van der Waals surface area contributed by atoms with E-state index in [0.717, 1.165) is 12.1 Å². The predicted molar refractivity (Wildman–Crippen MR) is 135 cm³/mol. The van der Waals surface area contributed by atoms with Crippen molar-refractivity contribution in [2.24, 2.45) is 0 Å². The number of halogens is 3. The molecule has 0 aliphatic heterocycles. The number of carbonyl (C=O) groups is 3. The second kappa shape index (κ2) is 12.7. The summed E-state index contributed by atoms with van der Waals surface area (Å²) in [7, 11) is 2.51. The van der Waals surface area contributed by atoms with Crippen LogP contribution in [0.2, 0.25) is 5.02 Å². The van der Waals surface area contributed by atoms with Gasteiger partial charge in [-0.1, -0.05) is 23.7 Å². The van der Waals surface area contributed by atoms with Crippen molar-refractivity contribution >= 4 is 29.4 Å². The minimum absolute atomic E-state index is 0.0458. The average molecular weight is 542 g/mol. The van der Waals surface area contributed by atoms with E-state index in [-0.39, 0.29) is 23.4 Å². The van der Waals surface area contributed by atoms with Gasteiger partial charge in [-0.2, -0.15) is 5.26 Å². The highest BCUT2D eigenvalue weighted by molar-refractivity contribution is 6.33. The molecule has 196 valence electrons. The second-order valence-corrected chi connectivity index (χ2v) is 8.35. The Balaban J connectivity index is 1.85. The van der Waals surface area contributed by atoms with Gasteiger partial charge in [-0.05, 0) is 35.9 Å². The molecule has 0 aliphatic carbocycles. The molecular formula is C27H22ClF2N3O5. The van der Waals surface area contributed by atoms with Crippen molar-refractivity contribution in [3.8, 4) is 22.9 Å². The molecule has 0 saturated carbocycles. The number of benzene rings is 3. The van der Waals surface area contributed by atoms with Crippen molar-refractivity contribution in [1.82, 2.24) is 10.6 Å². The van der Waals surface area contributed by atoms with E-state index >= 15 is 0 Å². The summed E-state index contributed by atoms with van der Waals surface area (Å²) in [5.41, 5.74) is 1.13. The molecule has 1 atom stereocenters. The van der Waals surface area contributed by atoms with E-state index in [4.69, 9.17) is 26.3 Å². The fourth-order valence-corrected chi connectivity index (χ4v) is 3.82. The van der Waals surface area contributed by atoms with Gasteiger partial charge in [0.05, 0.1) is 25.9 Å². The fourth-order valence-electron chi connectivity index (χ4n) is 3.59. The Kier molecular flexibility index (Phi) is 9.35. The van der Waals surface area contributed by atoms with E-state index in [2.05, 4.69) is 10.6 Å². The molecule has 3 rings (SSSR count). The van der Waals surface area contributed by atoms with Crippen molar-refractivity contribution in [1.29, 1.82) is 5.26 Å². The summed E-state index contributed by atoms with van der Waals surface area (Å²) >= 11 is 6.28. The third kappa shape index (κ3) is 6.63. The van der Waals surface area contributed by atoms with Gasteiger partial charge in [0, 0.05) is 40.3 Å². The fraction of sp³-hybridized carbons (Fsp3) is 0.185. The van der Waals surface area contributed by atoms with Gasteiger partial charge in [-0.3, -0.25) is 9.59 Å². The van der Waals surface area contributed by atoms with Gasteiger partial charge >= 0.3 is 5.97 Å². The van der Waals surface area contributed by atoms with Crippen molar-refractivity contribution < 1.29 is 32.6 Å². The Morgan fingerprint density at radius 1 is 1.00 bits per heavy atom. The van der Waals surface area contributed by atoms with Gasteiger partial charge in [-0.25, -0.2) is 13.6 Å². The molecule has 0 radical (unpaired) electrons. The lowest BCUT2D eigenvalue weighted by atomic mass is 10.0. The summed E-state index contributed by atoms with van der Waals surface area (Å²) in [4.78, 5) is 37.4. The Bertz CT molecular complexity index is 1380. The SMILES string of the molecule is COC(=O)c1ccc(Cl)c(-c2ccc(C(=O)N[C@@H](Cc3c(F)cc(OC)cc3F)C(=O)NCC#N)cc2)c1. The second-order valence-electron chi connectivity index (χ2n) is 7.94. The number of nitrogens with one attached hydrogen (secondary N) is 2. The lowest BCUT2D eigenvalue weighted by Gasteiger charge is -2.19. The van der Waals surface area contributed by atoms with Crippen LogP contribution in [0.25, 0.3) is 11.1 Å². The molecule has 3 aromatic carbocycles. The third-order valence-corrected chi connectivity index (χ3v) is 5.90. The first kappa shape index (κ1) is 28.1. The Morgan fingerprint density at radius 3 is 2.21 bits per heavy atom. The van der Waals surface area contributed by atoms with Gasteiger partial charge < -0.3 is 20.1 Å². The smallest absolute Gasteiger partial charge is 0.337 e. The van der Waals surface area contributed by atoms with E-state index in [9.17, 15) is 23.2 Å². The lowest BCUT2D eigenvalue weighted by molar-refractivity contribution is -0.122. The van der Waals surface area contributed by atoms with Crippen LogP contribution in [0.15, 0.2) is 54.6 Å². The average Bonchev–Trinajstić information content (AvgIpc) is 2.92. The van der Waals surface area contributed by atoms with Crippen LogP contribution in [0.4, 0.5) is 8.78 Å². The molecule has 3 aromatic rings. The van der Waals surface area contributed by atoms with Gasteiger partial charge in [-0.15, -0.1) is 0 Å². The van der Waals surface area contributed by atoms with E-state index < -0.39 is 47.4 Å². The molecule has 0 aliphatic rings. The number of amides is 2. The first-order chi connectivity index (χ1) is 18.2. The maximum atomic E-state index is 14.5. The quantitative estimate of drug-likeness (QED) is 0.312. The molecule has 0 spiro atoms. The monoisotopic (exact) mass is 541 g/mol. The van der Waals surface area contributed by atoms with Crippen LogP contribution in [0.5, 0.6) is 5.75 Å². The van der Waals surface area contributed by atoms with Crippen LogP contribution >= 0.6 is 11.6 Å². The lowest BCUT2D eigenvalue weighted by Crippen LogP contribution is -2.48. The number of nitriles is 1. The first-order valence-corrected chi connectivity index (χ1v) is 11.5. The van der Waals surface area contributed by atoms with Gasteiger partial charge in [0.15, 0.2) is 0 Å². The number of ether oxygens (including phenoxy) is 2. The zero-order valence-corrected chi connectivity index (χ0v) is 21.1. The maximum absolute atomic E-state index is 14.5. The largest absolute Gasteiger partial charge is 0.497 e. The Labute approximate surface area is 222 Å². The number of hydrogen-bond donors (Lipinski definition) is 2. The van der Waals surface area contributed by atoms with Gasteiger partial charge in [0.2, 0.25) is 5.91 Å². The number of hydrogen-bond acceptors (Lipinski definition) is 6. The molecule has 8 nitrogen and oxygen atoms in total. The van der Waals surface area contributed by atoms with Crippen LogP contribution in [0.1, 0.15) is 26.3 Å². The molecule has 0 unspecified atom stereocenters. The van der Waals surface area contributed by atoms with Crippen LogP contribution in [-0.4, -0.2) is 44.6 Å². The summed E-state index contributed by atoms with van der Waals surface area (Å²) in [5.74, 6) is -3.98. The molecule has 0 fully saturated rings. The van der Waals surface area contributed by atoms with Crippen LogP contribution in [-0.2, 0) is 16.0 Å². The predicted octanol–water partition coefficient (Wildman–Crippen LogP) is 4.06. The third-order valence-electron chi connectivity index (χ3n) is 5.57. The minimum atomic E-state index is -1.39. The highest BCUT2D eigenvalue weighted by Crippen LogP contribution is 2.29. The van der Waals surface area contributed by atoms with Crippen LogP contribution < -0.4 is 15.4 Å². The number of esters is 1. The number of rotatable bonds is 9. The summed E-state index contributed by atoms with van der Waals surface area (Å²) in [5, 5.41) is 13.9. The molecule has 0 saturated heterocycles. The summed E-state index contributed by atoms with van der Waals surface area (Å²) < 4.78 is 38.6. The molecular weight excluding hydrogens is 520 g/mol. The molecule has 0 heterocycles. The van der Waals surface area contributed by atoms with Crippen molar-refractivity contribution in [2.75, 3.05) is 20.8 Å². The van der Waals surface area contributed by atoms with Crippen molar-refractivity contribution in [3.63, 3.8) is 0 Å². The van der Waals surface area contributed by atoms with E-state index in [1.807, 2.05) is 0 Å². The Morgan fingerprint density at radius 2 is 1.63 bits per heavy atom. The standard InChI is InChI=1S/C27H22ClF2N3O5/c1-37-18-12-22(29)20(23(30)13-18)14-24(26(35)32-10-9-31)33-25(34)16-5-3-15(4-6-16)19-11-17(27(36)38-2)7-8-21(19)28/h3-8,11-13,24H,10,14H2,1-2H3,(H,32,35)(H,33,34)/t24-/m0/s1. The van der Waals surface area contributed by atoms with Crippen molar-refractivity contribution in [2.45, 2.75) is 12.5 Å².